The van der Waals surface area contributed by atoms with Gasteiger partial charge in [-0.05, 0) is 38.8 Å². The average molecular weight is 264 g/mol. The lowest BCUT2D eigenvalue weighted by Gasteiger charge is -2.26. The lowest BCUT2D eigenvalue weighted by molar-refractivity contribution is 0.128. The fourth-order valence-electron chi connectivity index (χ4n) is 2.22. The molecule has 0 radical (unpaired) electrons. The number of ether oxygens (including phenoxy) is 1. The molecule has 0 heterocycles. The van der Waals surface area contributed by atoms with E-state index in [9.17, 15) is 0 Å². The van der Waals surface area contributed by atoms with Crippen LogP contribution < -0.4 is 5.73 Å². The number of hydrogen-bond acceptors (Lipinski definition) is 3. The number of benzene rings is 1. The van der Waals surface area contributed by atoms with Crippen LogP contribution >= 0.6 is 0 Å². The Morgan fingerprint density at radius 3 is 2.42 bits per heavy atom. The summed E-state index contributed by atoms with van der Waals surface area (Å²) in [5.41, 5.74) is 7.45. The summed E-state index contributed by atoms with van der Waals surface area (Å²) in [6.07, 6.45) is 2.15. The molecule has 0 fully saturated rings. The van der Waals surface area contributed by atoms with Gasteiger partial charge in [-0.1, -0.05) is 30.3 Å². The van der Waals surface area contributed by atoms with Gasteiger partial charge >= 0.3 is 0 Å². The lowest BCUT2D eigenvalue weighted by Crippen LogP contribution is -2.35. The third-order valence-corrected chi connectivity index (χ3v) is 3.50. The Labute approximate surface area is 117 Å². The van der Waals surface area contributed by atoms with Crippen LogP contribution in [0.25, 0.3) is 0 Å². The van der Waals surface area contributed by atoms with Crippen molar-refractivity contribution in [2.45, 2.75) is 38.8 Å². The molecule has 0 aromatic heterocycles. The third-order valence-electron chi connectivity index (χ3n) is 3.50. The first-order valence-electron chi connectivity index (χ1n) is 7.18. The van der Waals surface area contributed by atoms with Gasteiger partial charge in [-0.25, -0.2) is 0 Å². The standard InChI is InChI=1S/C16H28N2O/c1-14(2)18(12-13-19-3)11-7-10-16(17)15-8-5-4-6-9-15/h4-6,8-9,14,16H,7,10-13,17H2,1-3H3. The van der Waals surface area contributed by atoms with Crippen LogP contribution in [0.15, 0.2) is 30.3 Å². The highest BCUT2D eigenvalue weighted by Crippen LogP contribution is 2.15. The number of methoxy groups -OCH3 is 1. The molecule has 2 N–H and O–H groups in total. The number of nitrogens with two attached hydrogens (primary N) is 1. The minimum Gasteiger partial charge on any atom is -0.383 e. The molecule has 0 spiro atoms. The van der Waals surface area contributed by atoms with Crippen molar-refractivity contribution in [2.75, 3.05) is 26.8 Å². The molecule has 0 aliphatic heterocycles. The summed E-state index contributed by atoms with van der Waals surface area (Å²) in [4.78, 5) is 2.45. The molecule has 0 amide bonds. The lowest BCUT2D eigenvalue weighted by atomic mass is 10.0. The van der Waals surface area contributed by atoms with Crippen molar-refractivity contribution in [3.63, 3.8) is 0 Å². The molecule has 108 valence electrons. The summed E-state index contributed by atoms with van der Waals surface area (Å²) in [5.74, 6) is 0. The Kier molecular flexibility index (Phi) is 7.72. The second-order valence-corrected chi connectivity index (χ2v) is 5.28. The summed E-state index contributed by atoms with van der Waals surface area (Å²) in [7, 11) is 1.75. The quantitative estimate of drug-likeness (QED) is 0.745. The van der Waals surface area contributed by atoms with Crippen molar-refractivity contribution >= 4 is 0 Å². The van der Waals surface area contributed by atoms with Crippen molar-refractivity contribution in [3.05, 3.63) is 35.9 Å². The van der Waals surface area contributed by atoms with E-state index in [4.69, 9.17) is 10.5 Å². The van der Waals surface area contributed by atoms with Crippen LogP contribution in [-0.4, -0.2) is 37.7 Å². The zero-order chi connectivity index (χ0) is 14.1. The van der Waals surface area contributed by atoms with Gasteiger partial charge in [0.25, 0.3) is 0 Å². The minimum absolute atomic E-state index is 0.151. The molecule has 1 unspecified atom stereocenters. The molecule has 1 rings (SSSR count). The van der Waals surface area contributed by atoms with Crippen molar-refractivity contribution in [1.29, 1.82) is 0 Å². The molecule has 3 heteroatoms. The van der Waals surface area contributed by atoms with Gasteiger partial charge in [0.05, 0.1) is 6.61 Å². The van der Waals surface area contributed by atoms with Gasteiger partial charge in [0.15, 0.2) is 0 Å². The van der Waals surface area contributed by atoms with Crippen molar-refractivity contribution < 1.29 is 4.74 Å². The topological polar surface area (TPSA) is 38.5 Å². The highest BCUT2D eigenvalue weighted by Gasteiger charge is 2.10. The Hall–Kier alpha value is -0.900. The van der Waals surface area contributed by atoms with Crippen LogP contribution in [0.4, 0.5) is 0 Å². The second kappa shape index (κ2) is 9.08. The van der Waals surface area contributed by atoms with Gasteiger partial charge in [-0.15, -0.1) is 0 Å². The predicted molar refractivity (Wildman–Crippen MR) is 81.2 cm³/mol. The maximum atomic E-state index is 6.21. The number of rotatable bonds is 9. The zero-order valence-corrected chi connectivity index (χ0v) is 12.5. The summed E-state index contributed by atoms with van der Waals surface area (Å²) in [6.45, 7) is 7.33. The van der Waals surface area contributed by atoms with E-state index in [1.54, 1.807) is 7.11 Å². The van der Waals surface area contributed by atoms with Crippen molar-refractivity contribution in [2.24, 2.45) is 5.73 Å². The monoisotopic (exact) mass is 264 g/mol. The van der Waals surface area contributed by atoms with Gasteiger partial charge < -0.3 is 10.5 Å². The van der Waals surface area contributed by atoms with Gasteiger partial charge in [0.2, 0.25) is 0 Å². The number of nitrogens with zero attached hydrogens (tertiary/aromatic N) is 1. The smallest absolute Gasteiger partial charge is 0.0589 e. The molecule has 1 atom stereocenters. The molecule has 1 aromatic carbocycles. The SMILES string of the molecule is COCCN(CCCC(N)c1ccccc1)C(C)C. The molecular weight excluding hydrogens is 236 g/mol. The van der Waals surface area contributed by atoms with E-state index < -0.39 is 0 Å². The van der Waals surface area contributed by atoms with E-state index in [0.717, 1.165) is 32.5 Å². The Bertz CT molecular complexity index is 327. The Morgan fingerprint density at radius 1 is 1.16 bits per heavy atom. The predicted octanol–water partition coefficient (Wildman–Crippen LogP) is 2.82. The number of hydrogen-bond donors (Lipinski definition) is 1. The third kappa shape index (κ3) is 6.19. The van der Waals surface area contributed by atoms with E-state index in [0.29, 0.717) is 6.04 Å². The summed E-state index contributed by atoms with van der Waals surface area (Å²) < 4.78 is 5.15. The molecule has 0 bridgehead atoms. The van der Waals surface area contributed by atoms with Crippen LogP contribution in [-0.2, 0) is 4.74 Å². The van der Waals surface area contributed by atoms with E-state index in [-0.39, 0.29) is 6.04 Å². The first-order chi connectivity index (χ1) is 9.15. The van der Waals surface area contributed by atoms with Crippen LogP contribution in [0.1, 0.15) is 38.3 Å². The highest BCUT2D eigenvalue weighted by molar-refractivity contribution is 5.18. The minimum atomic E-state index is 0.151. The van der Waals surface area contributed by atoms with Crippen LogP contribution in [0.2, 0.25) is 0 Å². The molecule has 0 aliphatic rings. The zero-order valence-electron chi connectivity index (χ0n) is 12.5. The molecule has 3 nitrogen and oxygen atoms in total. The maximum Gasteiger partial charge on any atom is 0.0589 e. The maximum absolute atomic E-state index is 6.21. The molecule has 0 saturated carbocycles. The highest BCUT2D eigenvalue weighted by atomic mass is 16.5. The molecule has 0 aliphatic carbocycles. The van der Waals surface area contributed by atoms with Crippen molar-refractivity contribution in [1.82, 2.24) is 4.90 Å². The molecule has 1 aromatic rings. The normalized spacial score (nSPS) is 13.2. The van der Waals surface area contributed by atoms with Crippen LogP contribution in [0, 0.1) is 0 Å². The van der Waals surface area contributed by atoms with E-state index in [1.165, 1.54) is 5.56 Å². The van der Waals surface area contributed by atoms with E-state index in [2.05, 4.69) is 30.9 Å². The van der Waals surface area contributed by atoms with Gasteiger partial charge in [-0.2, -0.15) is 0 Å². The second-order valence-electron chi connectivity index (χ2n) is 5.28. The van der Waals surface area contributed by atoms with Crippen LogP contribution in [0.5, 0.6) is 0 Å². The summed E-state index contributed by atoms with van der Waals surface area (Å²) in [5, 5.41) is 0. The largest absolute Gasteiger partial charge is 0.383 e. The average Bonchev–Trinajstić information content (AvgIpc) is 2.43. The van der Waals surface area contributed by atoms with E-state index >= 15 is 0 Å². The van der Waals surface area contributed by atoms with Gasteiger partial charge in [0, 0.05) is 25.7 Å². The van der Waals surface area contributed by atoms with Gasteiger partial charge in [-0.3, -0.25) is 4.90 Å². The first-order valence-corrected chi connectivity index (χ1v) is 7.18. The van der Waals surface area contributed by atoms with Gasteiger partial charge in [0.1, 0.15) is 0 Å². The molecule has 0 saturated heterocycles. The van der Waals surface area contributed by atoms with Crippen LogP contribution in [0.3, 0.4) is 0 Å². The fraction of sp³-hybridized carbons (Fsp3) is 0.625. The Morgan fingerprint density at radius 2 is 1.84 bits per heavy atom. The molecule has 19 heavy (non-hydrogen) atoms. The van der Waals surface area contributed by atoms with Crippen molar-refractivity contribution in [3.8, 4) is 0 Å². The molecular formula is C16H28N2O. The summed E-state index contributed by atoms with van der Waals surface area (Å²) >= 11 is 0. The van der Waals surface area contributed by atoms with E-state index in [1.807, 2.05) is 18.2 Å². The Balaban J connectivity index is 2.31. The first kappa shape index (κ1) is 16.2. The fourth-order valence-corrected chi connectivity index (χ4v) is 2.22. The summed E-state index contributed by atoms with van der Waals surface area (Å²) in [6, 6.07) is 11.1.